The van der Waals surface area contributed by atoms with Crippen LogP contribution in [0.3, 0.4) is 0 Å². The van der Waals surface area contributed by atoms with E-state index >= 15 is 0 Å². The Labute approximate surface area is 207 Å². The van der Waals surface area contributed by atoms with Gasteiger partial charge in [-0.2, -0.15) is 0 Å². The number of ether oxygens (including phenoxy) is 2. The molecule has 180 valence electrons. The second kappa shape index (κ2) is 10.1. The van der Waals surface area contributed by atoms with Crippen LogP contribution < -0.4 is 14.4 Å². The lowest BCUT2D eigenvalue weighted by molar-refractivity contribution is -0.132. The molecule has 7 nitrogen and oxygen atoms in total. The number of aliphatic hydroxyl groups excluding tert-OH is 1. The number of amides is 1. The molecule has 1 aliphatic rings. The van der Waals surface area contributed by atoms with Crippen LogP contribution in [0.25, 0.3) is 5.76 Å². The van der Waals surface area contributed by atoms with Crippen LogP contribution in [0, 0.1) is 0 Å². The third-order valence-corrected chi connectivity index (χ3v) is 5.86. The van der Waals surface area contributed by atoms with Gasteiger partial charge in [-0.3, -0.25) is 14.5 Å². The summed E-state index contributed by atoms with van der Waals surface area (Å²) in [6, 6.07) is 16.7. The standard InChI is InChI=1S/C27H24ClNO6/c1-3-12-35-20-9-4-6-17(13-20)25(31)23-24(16-10-11-22(34-2)21(30)14-16)29(27(33)26(23)32)19-8-5-7-18(28)15-19/h4-11,13-15,24,30-31H,3,12H2,1-2H3/b25-23-. The third-order valence-electron chi connectivity index (χ3n) is 5.63. The number of phenols is 1. The predicted molar refractivity (Wildman–Crippen MR) is 133 cm³/mol. The number of nitrogens with zero attached hydrogens (tertiary/aromatic N) is 1. The van der Waals surface area contributed by atoms with Crippen LogP contribution in [0.4, 0.5) is 5.69 Å². The van der Waals surface area contributed by atoms with Gasteiger partial charge >= 0.3 is 0 Å². The summed E-state index contributed by atoms with van der Waals surface area (Å²) in [6.07, 6.45) is 0.807. The molecule has 2 N–H and O–H groups in total. The highest BCUT2D eigenvalue weighted by atomic mass is 35.5. The van der Waals surface area contributed by atoms with E-state index in [2.05, 4.69) is 0 Å². The van der Waals surface area contributed by atoms with E-state index in [9.17, 15) is 19.8 Å². The van der Waals surface area contributed by atoms with Gasteiger partial charge in [-0.25, -0.2) is 0 Å². The fraction of sp³-hybridized carbons (Fsp3) is 0.185. The monoisotopic (exact) mass is 493 g/mol. The number of benzene rings is 3. The lowest BCUT2D eigenvalue weighted by Gasteiger charge is -2.26. The van der Waals surface area contributed by atoms with E-state index in [1.807, 2.05) is 6.92 Å². The van der Waals surface area contributed by atoms with Crippen molar-refractivity contribution >= 4 is 34.7 Å². The first-order valence-electron chi connectivity index (χ1n) is 11.0. The lowest BCUT2D eigenvalue weighted by atomic mass is 9.94. The topological polar surface area (TPSA) is 96.3 Å². The first-order chi connectivity index (χ1) is 16.8. The van der Waals surface area contributed by atoms with Crippen molar-refractivity contribution in [2.24, 2.45) is 0 Å². The average Bonchev–Trinajstić information content (AvgIpc) is 3.12. The van der Waals surface area contributed by atoms with Gasteiger partial charge in [0.05, 0.1) is 25.3 Å². The molecule has 1 aliphatic heterocycles. The van der Waals surface area contributed by atoms with E-state index in [0.29, 0.717) is 34.2 Å². The van der Waals surface area contributed by atoms with Gasteiger partial charge in [0.15, 0.2) is 11.5 Å². The quantitative estimate of drug-likeness (QED) is 0.257. The molecule has 0 aromatic heterocycles. The lowest BCUT2D eigenvalue weighted by Crippen LogP contribution is -2.29. The molecule has 0 spiro atoms. The molecule has 0 aliphatic carbocycles. The Balaban J connectivity index is 1.91. The van der Waals surface area contributed by atoms with Crippen molar-refractivity contribution in [3.63, 3.8) is 0 Å². The van der Waals surface area contributed by atoms with Crippen LogP contribution in [-0.4, -0.2) is 35.6 Å². The van der Waals surface area contributed by atoms with E-state index in [1.54, 1.807) is 54.6 Å². The second-order valence-corrected chi connectivity index (χ2v) is 8.39. The Morgan fingerprint density at radius 3 is 2.51 bits per heavy atom. The van der Waals surface area contributed by atoms with Crippen LogP contribution in [0.5, 0.6) is 17.2 Å². The summed E-state index contributed by atoms with van der Waals surface area (Å²) in [4.78, 5) is 27.8. The van der Waals surface area contributed by atoms with Crippen LogP contribution in [0.15, 0.2) is 72.3 Å². The number of methoxy groups -OCH3 is 1. The Kier molecular flexibility index (Phi) is 6.98. The maximum atomic E-state index is 13.3. The van der Waals surface area contributed by atoms with Crippen molar-refractivity contribution in [1.29, 1.82) is 0 Å². The highest BCUT2D eigenvalue weighted by Gasteiger charge is 2.47. The zero-order valence-electron chi connectivity index (χ0n) is 19.2. The van der Waals surface area contributed by atoms with Crippen molar-refractivity contribution in [2.45, 2.75) is 19.4 Å². The maximum absolute atomic E-state index is 13.3. The molecule has 0 radical (unpaired) electrons. The van der Waals surface area contributed by atoms with Gasteiger partial charge in [0.25, 0.3) is 11.7 Å². The highest BCUT2D eigenvalue weighted by molar-refractivity contribution is 6.51. The molecule has 1 atom stereocenters. The van der Waals surface area contributed by atoms with Crippen molar-refractivity contribution < 1.29 is 29.3 Å². The Morgan fingerprint density at radius 2 is 1.83 bits per heavy atom. The highest BCUT2D eigenvalue weighted by Crippen LogP contribution is 2.44. The van der Waals surface area contributed by atoms with Crippen LogP contribution in [0.1, 0.15) is 30.5 Å². The minimum atomic E-state index is -1.02. The van der Waals surface area contributed by atoms with Crippen molar-refractivity contribution in [1.82, 2.24) is 0 Å². The molecule has 8 heteroatoms. The van der Waals surface area contributed by atoms with Crippen LogP contribution >= 0.6 is 11.6 Å². The van der Waals surface area contributed by atoms with Gasteiger partial charge in [0.2, 0.25) is 0 Å². The zero-order chi connectivity index (χ0) is 25.1. The van der Waals surface area contributed by atoms with Crippen molar-refractivity contribution in [3.05, 3.63) is 88.5 Å². The SMILES string of the molecule is CCCOc1cccc(/C(O)=C2/C(=O)C(=O)N(c3cccc(Cl)c3)C2c2ccc(OC)c(O)c2)c1. The molecule has 1 fully saturated rings. The molecule has 1 unspecified atom stereocenters. The van der Waals surface area contributed by atoms with E-state index in [4.69, 9.17) is 21.1 Å². The number of phenolic OH excluding ortho intramolecular Hbond substituents is 1. The first kappa shape index (κ1) is 24.2. The summed E-state index contributed by atoms with van der Waals surface area (Å²) < 4.78 is 10.8. The number of hydrogen-bond acceptors (Lipinski definition) is 6. The van der Waals surface area contributed by atoms with Gasteiger partial charge in [-0.1, -0.05) is 42.8 Å². The minimum Gasteiger partial charge on any atom is -0.507 e. The summed E-state index contributed by atoms with van der Waals surface area (Å²) in [5.74, 6) is -1.45. The van der Waals surface area contributed by atoms with Crippen molar-refractivity contribution in [3.8, 4) is 17.2 Å². The van der Waals surface area contributed by atoms with Gasteiger partial charge in [-0.05, 0) is 54.4 Å². The third kappa shape index (κ3) is 4.68. The number of halogens is 1. The normalized spacial score (nSPS) is 17.0. The van der Waals surface area contributed by atoms with Gasteiger partial charge in [0, 0.05) is 16.3 Å². The average molecular weight is 494 g/mol. The molecule has 0 bridgehead atoms. The summed E-state index contributed by atoms with van der Waals surface area (Å²) in [6.45, 7) is 2.47. The number of rotatable bonds is 7. The van der Waals surface area contributed by atoms with Gasteiger partial charge in [-0.15, -0.1) is 0 Å². The minimum absolute atomic E-state index is 0.118. The molecule has 0 saturated carbocycles. The fourth-order valence-electron chi connectivity index (χ4n) is 4.03. The Morgan fingerprint density at radius 1 is 1.06 bits per heavy atom. The molecule has 1 amide bonds. The van der Waals surface area contributed by atoms with Crippen LogP contribution in [-0.2, 0) is 9.59 Å². The molecule has 4 rings (SSSR count). The van der Waals surface area contributed by atoms with Crippen molar-refractivity contribution in [2.75, 3.05) is 18.6 Å². The molecule has 1 saturated heterocycles. The fourth-order valence-corrected chi connectivity index (χ4v) is 4.21. The summed E-state index contributed by atoms with van der Waals surface area (Å²) in [5.41, 5.74) is 0.985. The zero-order valence-corrected chi connectivity index (χ0v) is 20.0. The Bertz CT molecular complexity index is 1320. The van der Waals surface area contributed by atoms with E-state index in [1.165, 1.54) is 24.1 Å². The largest absolute Gasteiger partial charge is 0.507 e. The Hall–Kier alpha value is -3.97. The number of ketones is 1. The second-order valence-electron chi connectivity index (χ2n) is 7.96. The summed E-state index contributed by atoms with van der Waals surface area (Å²) in [5, 5.41) is 22.1. The van der Waals surface area contributed by atoms with Gasteiger partial charge < -0.3 is 19.7 Å². The maximum Gasteiger partial charge on any atom is 0.300 e. The van der Waals surface area contributed by atoms with Crippen LogP contribution in [0.2, 0.25) is 5.02 Å². The smallest absolute Gasteiger partial charge is 0.300 e. The van der Waals surface area contributed by atoms with Gasteiger partial charge in [0.1, 0.15) is 11.5 Å². The number of Topliss-reactive ketones (excluding diaryl/α,β-unsaturated/α-hetero) is 1. The predicted octanol–water partition coefficient (Wildman–Crippen LogP) is 5.47. The molecular formula is C27H24ClNO6. The summed E-state index contributed by atoms with van der Waals surface area (Å²) >= 11 is 6.17. The molecule has 1 heterocycles. The molecular weight excluding hydrogens is 470 g/mol. The number of carbonyl (C=O) groups is 2. The number of aromatic hydroxyl groups is 1. The molecule has 3 aromatic carbocycles. The summed E-state index contributed by atoms with van der Waals surface area (Å²) in [7, 11) is 1.42. The number of hydrogen-bond donors (Lipinski definition) is 2. The van der Waals surface area contributed by atoms with E-state index in [-0.39, 0.29) is 22.8 Å². The molecule has 35 heavy (non-hydrogen) atoms. The van der Waals surface area contributed by atoms with E-state index in [0.717, 1.165) is 6.42 Å². The molecule has 3 aromatic rings. The number of carbonyl (C=O) groups excluding carboxylic acids is 2. The number of anilines is 1. The van der Waals surface area contributed by atoms with E-state index < -0.39 is 17.7 Å². The first-order valence-corrected chi connectivity index (χ1v) is 11.4. The number of aliphatic hydroxyl groups is 1.